The van der Waals surface area contributed by atoms with Crippen LogP contribution in [0.2, 0.25) is 0 Å². The Bertz CT molecular complexity index is 690. The Kier molecular flexibility index (Phi) is 6.06. The van der Waals surface area contributed by atoms with Crippen molar-refractivity contribution in [3.05, 3.63) is 48.0 Å². The lowest BCUT2D eigenvalue weighted by molar-refractivity contribution is -0.132. The number of fused-ring (bicyclic) bond motifs is 1. The molecule has 0 spiro atoms. The quantitative estimate of drug-likeness (QED) is 0.626. The molecular formula is C18H22F3N3. The zero-order valence-corrected chi connectivity index (χ0v) is 13.8. The van der Waals surface area contributed by atoms with Gasteiger partial charge in [-0.25, -0.2) is 0 Å². The van der Waals surface area contributed by atoms with Gasteiger partial charge in [-0.15, -0.1) is 0 Å². The minimum Gasteiger partial charge on any atom is -0.357 e. The summed E-state index contributed by atoms with van der Waals surface area (Å²) in [6.45, 7) is 4.14. The molecule has 6 heteroatoms. The summed E-state index contributed by atoms with van der Waals surface area (Å²) in [4.78, 5) is 4.02. The maximum absolute atomic E-state index is 12.3. The highest BCUT2D eigenvalue weighted by molar-refractivity contribution is 5.87. The van der Waals surface area contributed by atoms with Gasteiger partial charge in [0.2, 0.25) is 0 Å². The van der Waals surface area contributed by atoms with Crippen molar-refractivity contribution in [1.29, 1.82) is 0 Å². The van der Waals surface area contributed by atoms with Crippen molar-refractivity contribution in [2.75, 3.05) is 13.1 Å². The third-order valence-corrected chi connectivity index (χ3v) is 3.65. The Hall–Kier alpha value is -2.24. The van der Waals surface area contributed by atoms with E-state index in [2.05, 4.69) is 15.6 Å². The smallest absolute Gasteiger partial charge is 0.357 e. The molecule has 0 saturated carbocycles. The number of guanidine groups is 1. The van der Waals surface area contributed by atoms with Gasteiger partial charge in [-0.3, -0.25) is 4.99 Å². The average molecular weight is 337 g/mol. The minimum atomic E-state index is -4.19. The molecule has 2 N–H and O–H groups in total. The fourth-order valence-electron chi connectivity index (χ4n) is 2.53. The van der Waals surface area contributed by atoms with Gasteiger partial charge >= 0.3 is 6.18 Å². The molecule has 0 fully saturated rings. The van der Waals surface area contributed by atoms with Crippen LogP contribution in [0.25, 0.3) is 10.8 Å². The van der Waals surface area contributed by atoms with E-state index >= 15 is 0 Å². The van der Waals surface area contributed by atoms with E-state index in [0.29, 0.717) is 12.5 Å². The molecule has 0 aliphatic heterocycles. The van der Waals surface area contributed by atoms with Crippen molar-refractivity contribution >= 4 is 16.7 Å². The van der Waals surface area contributed by atoms with Gasteiger partial charge in [0.1, 0.15) is 0 Å². The van der Waals surface area contributed by atoms with E-state index in [1.807, 2.05) is 56.3 Å². The standard InChI is InChI=1S/C18H22F3N3/c1-3-22-17(23-12-11-18(19,20)21)24-13(2)15-10-6-8-14-7-4-5-9-16(14)15/h4-10,13H,3,11-12H2,1-2H3,(H2,22,23,24). The van der Waals surface area contributed by atoms with E-state index in [1.54, 1.807) is 0 Å². The van der Waals surface area contributed by atoms with Gasteiger partial charge < -0.3 is 10.6 Å². The van der Waals surface area contributed by atoms with Crippen LogP contribution in [0.15, 0.2) is 47.5 Å². The van der Waals surface area contributed by atoms with Crippen molar-refractivity contribution < 1.29 is 13.2 Å². The molecule has 1 atom stereocenters. The summed E-state index contributed by atoms with van der Waals surface area (Å²) in [6.07, 6.45) is -5.12. The molecule has 24 heavy (non-hydrogen) atoms. The van der Waals surface area contributed by atoms with Gasteiger partial charge in [0, 0.05) is 6.54 Å². The molecule has 2 aromatic rings. The van der Waals surface area contributed by atoms with Crippen LogP contribution in [0, 0.1) is 0 Å². The van der Waals surface area contributed by atoms with Gasteiger partial charge in [-0.05, 0) is 30.2 Å². The number of nitrogens with zero attached hydrogens (tertiary/aromatic N) is 1. The topological polar surface area (TPSA) is 36.4 Å². The molecule has 0 aliphatic rings. The van der Waals surface area contributed by atoms with Crippen molar-refractivity contribution in [1.82, 2.24) is 10.6 Å². The van der Waals surface area contributed by atoms with Crippen LogP contribution in [0.5, 0.6) is 0 Å². The lowest BCUT2D eigenvalue weighted by Gasteiger charge is -2.20. The summed E-state index contributed by atoms with van der Waals surface area (Å²) < 4.78 is 36.9. The second-order valence-electron chi connectivity index (χ2n) is 5.56. The first-order valence-corrected chi connectivity index (χ1v) is 8.00. The Balaban J connectivity index is 2.14. The molecule has 1 unspecified atom stereocenters. The maximum atomic E-state index is 12.3. The van der Waals surface area contributed by atoms with E-state index in [0.717, 1.165) is 16.3 Å². The number of benzene rings is 2. The lowest BCUT2D eigenvalue weighted by atomic mass is 10.00. The summed E-state index contributed by atoms with van der Waals surface area (Å²) in [7, 11) is 0. The van der Waals surface area contributed by atoms with Crippen LogP contribution in [0.4, 0.5) is 13.2 Å². The van der Waals surface area contributed by atoms with E-state index in [1.165, 1.54) is 0 Å². The van der Waals surface area contributed by atoms with Crippen LogP contribution in [0.3, 0.4) is 0 Å². The van der Waals surface area contributed by atoms with E-state index < -0.39 is 12.6 Å². The third-order valence-electron chi connectivity index (χ3n) is 3.65. The summed E-state index contributed by atoms with van der Waals surface area (Å²) in [5.74, 6) is 0.391. The molecular weight excluding hydrogens is 315 g/mol. The highest BCUT2D eigenvalue weighted by Gasteiger charge is 2.26. The summed E-state index contributed by atoms with van der Waals surface area (Å²) in [6, 6.07) is 14.0. The Morgan fingerprint density at radius 3 is 2.54 bits per heavy atom. The largest absolute Gasteiger partial charge is 0.390 e. The zero-order valence-electron chi connectivity index (χ0n) is 13.8. The number of halogens is 3. The predicted octanol–water partition coefficient (Wildman–Crippen LogP) is 4.41. The van der Waals surface area contributed by atoms with E-state index in [4.69, 9.17) is 0 Å². The molecule has 0 bridgehead atoms. The summed E-state index contributed by atoms with van der Waals surface area (Å²) in [5, 5.41) is 8.42. The number of aliphatic imine (C=N–C) groups is 1. The molecule has 130 valence electrons. The number of nitrogens with one attached hydrogen (secondary N) is 2. The van der Waals surface area contributed by atoms with Crippen LogP contribution in [-0.2, 0) is 0 Å². The number of hydrogen-bond acceptors (Lipinski definition) is 1. The molecule has 0 aromatic heterocycles. The molecule has 0 radical (unpaired) electrons. The van der Waals surface area contributed by atoms with Crippen LogP contribution < -0.4 is 10.6 Å². The van der Waals surface area contributed by atoms with Crippen molar-refractivity contribution in [2.45, 2.75) is 32.5 Å². The monoisotopic (exact) mass is 337 g/mol. The van der Waals surface area contributed by atoms with Crippen molar-refractivity contribution in [3.63, 3.8) is 0 Å². The first kappa shape index (κ1) is 18.1. The van der Waals surface area contributed by atoms with E-state index in [9.17, 15) is 13.2 Å². The average Bonchev–Trinajstić information content (AvgIpc) is 2.53. The van der Waals surface area contributed by atoms with E-state index in [-0.39, 0.29) is 12.6 Å². The first-order valence-electron chi connectivity index (χ1n) is 8.00. The molecule has 3 nitrogen and oxygen atoms in total. The molecule has 0 amide bonds. The van der Waals surface area contributed by atoms with Gasteiger partial charge in [0.15, 0.2) is 5.96 Å². The Morgan fingerprint density at radius 2 is 1.83 bits per heavy atom. The van der Waals surface area contributed by atoms with Crippen molar-refractivity contribution in [3.8, 4) is 0 Å². The number of rotatable bonds is 5. The second kappa shape index (κ2) is 8.04. The normalized spacial score (nSPS) is 13.8. The highest BCUT2D eigenvalue weighted by atomic mass is 19.4. The highest BCUT2D eigenvalue weighted by Crippen LogP contribution is 2.24. The minimum absolute atomic E-state index is 0.0835. The fourth-order valence-corrected chi connectivity index (χ4v) is 2.53. The Labute approximate surface area is 140 Å². The third kappa shape index (κ3) is 5.15. The predicted molar refractivity (Wildman–Crippen MR) is 92.1 cm³/mol. The van der Waals surface area contributed by atoms with Crippen LogP contribution in [0.1, 0.15) is 31.9 Å². The molecule has 0 heterocycles. The summed E-state index contributed by atoms with van der Waals surface area (Å²) in [5.41, 5.74) is 1.08. The van der Waals surface area contributed by atoms with Crippen LogP contribution in [-0.4, -0.2) is 25.2 Å². The SMILES string of the molecule is CCNC(=NCCC(F)(F)F)NC(C)c1cccc2ccccc12. The Morgan fingerprint density at radius 1 is 1.12 bits per heavy atom. The molecule has 0 aliphatic carbocycles. The fraction of sp³-hybridized carbons (Fsp3) is 0.389. The summed E-state index contributed by atoms with van der Waals surface area (Å²) >= 11 is 0. The number of hydrogen-bond donors (Lipinski definition) is 2. The lowest BCUT2D eigenvalue weighted by Crippen LogP contribution is -2.39. The molecule has 2 aromatic carbocycles. The van der Waals surface area contributed by atoms with Gasteiger partial charge in [0.25, 0.3) is 0 Å². The maximum Gasteiger partial charge on any atom is 0.390 e. The van der Waals surface area contributed by atoms with Crippen molar-refractivity contribution in [2.24, 2.45) is 4.99 Å². The second-order valence-corrected chi connectivity index (χ2v) is 5.56. The van der Waals surface area contributed by atoms with Gasteiger partial charge in [-0.1, -0.05) is 42.5 Å². The van der Waals surface area contributed by atoms with Gasteiger partial charge in [-0.2, -0.15) is 13.2 Å². The zero-order chi connectivity index (χ0) is 17.6. The number of alkyl halides is 3. The van der Waals surface area contributed by atoms with Crippen LogP contribution >= 0.6 is 0 Å². The molecule has 2 rings (SSSR count). The van der Waals surface area contributed by atoms with Gasteiger partial charge in [0.05, 0.1) is 19.0 Å². The molecule has 0 saturated heterocycles. The first-order chi connectivity index (χ1) is 11.4.